The highest BCUT2D eigenvalue weighted by atomic mass is 16.5. The number of esters is 1. The van der Waals surface area contributed by atoms with Gasteiger partial charge in [-0.15, -0.1) is 0 Å². The molecule has 6 heteroatoms. The number of ether oxygens (including phenoxy) is 1. The zero-order valence-electron chi connectivity index (χ0n) is 16.7. The first kappa shape index (κ1) is 20.6. The average molecular weight is 394 g/mol. The summed E-state index contributed by atoms with van der Waals surface area (Å²) >= 11 is 0. The third-order valence-electron chi connectivity index (χ3n) is 5.07. The van der Waals surface area contributed by atoms with E-state index in [0.29, 0.717) is 25.1 Å². The van der Waals surface area contributed by atoms with Gasteiger partial charge in [0.25, 0.3) is 5.91 Å². The minimum atomic E-state index is -0.352. The van der Waals surface area contributed by atoms with Gasteiger partial charge >= 0.3 is 5.97 Å². The summed E-state index contributed by atoms with van der Waals surface area (Å²) in [7, 11) is 1.34. The van der Waals surface area contributed by atoms with Gasteiger partial charge in [0.15, 0.2) is 0 Å². The second-order valence-corrected chi connectivity index (χ2v) is 7.09. The molecule has 2 aromatic carbocycles. The molecule has 0 radical (unpaired) electrons. The Kier molecular flexibility index (Phi) is 7.00. The summed E-state index contributed by atoms with van der Waals surface area (Å²) in [6.45, 7) is 1.39. The maximum Gasteiger partial charge on any atom is 0.307 e. The molecule has 0 spiro atoms. The van der Waals surface area contributed by atoms with Crippen LogP contribution in [0.4, 0.5) is 5.69 Å². The molecule has 1 aliphatic rings. The van der Waals surface area contributed by atoms with Crippen molar-refractivity contribution in [2.24, 2.45) is 0 Å². The number of anilines is 1. The van der Waals surface area contributed by atoms with Gasteiger partial charge in [-0.25, -0.2) is 0 Å². The van der Waals surface area contributed by atoms with Crippen molar-refractivity contribution < 1.29 is 19.1 Å². The van der Waals surface area contributed by atoms with Crippen molar-refractivity contribution >= 4 is 23.5 Å². The topological polar surface area (TPSA) is 66.9 Å². The standard InChI is InChI=1S/C23H26N2O4/c1-29-22(27)14-16-24(17-18-7-3-2-4-8-18)23(28)19-10-12-20(13-11-19)25-15-6-5-9-21(25)26/h2-4,7-8,10-13H,5-6,9,14-17H2,1H3. The molecule has 0 saturated carbocycles. The summed E-state index contributed by atoms with van der Waals surface area (Å²) in [6, 6.07) is 16.8. The van der Waals surface area contributed by atoms with Gasteiger partial charge in [0.1, 0.15) is 0 Å². The smallest absolute Gasteiger partial charge is 0.307 e. The average Bonchev–Trinajstić information content (AvgIpc) is 2.77. The number of methoxy groups -OCH3 is 1. The summed E-state index contributed by atoms with van der Waals surface area (Å²) in [5, 5.41) is 0. The molecule has 3 rings (SSSR count). The third-order valence-corrected chi connectivity index (χ3v) is 5.07. The van der Waals surface area contributed by atoms with E-state index in [2.05, 4.69) is 0 Å². The summed E-state index contributed by atoms with van der Waals surface area (Å²) in [5.41, 5.74) is 2.33. The van der Waals surface area contributed by atoms with Gasteiger partial charge in [-0.3, -0.25) is 14.4 Å². The van der Waals surface area contributed by atoms with Crippen LogP contribution in [0.25, 0.3) is 0 Å². The molecule has 1 aliphatic heterocycles. The first-order valence-electron chi connectivity index (χ1n) is 9.89. The van der Waals surface area contributed by atoms with Crippen LogP contribution in [-0.2, 0) is 20.9 Å². The normalized spacial score (nSPS) is 13.8. The number of nitrogens with zero attached hydrogens (tertiary/aromatic N) is 2. The van der Waals surface area contributed by atoms with Crippen LogP contribution in [0.3, 0.4) is 0 Å². The van der Waals surface area contributed by atoms with E-state index < -0.39 is 0 Å². The Morgan fingerprint density at radius 3 is 2.41 bits per heavy atom. The van der Waals surface area contributed by atoms with Crippen molar-refractivity contribution in [3.05, 3.63) is 65.7 Å². The highest BCUT2D eigenvalue weighted by Gasteiger charge is 2.21. The molecule has 0 unspecified atom stereocenters. The molecule has 1 saturated heterocycles. The molecule has 0 aliphatic carbocycles. The highest BCUT2D eigenvalue weighted by Crippen LogP contribution is 2.22. The van der Waals surface area contributed by atoms with Crippen LogP contribution in [0.5, 0.6) is 0 Å². The number of amides is 2. The monoisotopic (exact) mass is 394 g/mol. The van der Waals surface area contributed by atoms with Crippen molar-refractivity contribution in [3.63, 3.8) is 0 Å². The van der Waals surface area contributed by atoms with Crippen molar-refractivity contribution in [2.75, 3.05) is 25.1 Å². The number of carbonyl (C=O) groups excluding carboxylic acids is 3. The first-order chi connectivity index (χ1) is 14.1. The lowest BCUT2D eigenvalue weighted by molar-refractivity contribution is -0.140. The molecule has 1 fully saturated rings. The van der Waals surface area contributed by atoms with Gasteiger partial charge in [0.2, 0.25) is 5.91 Å². The highest BCUT2D eigenvalue weighted by molar-refractivity contribution is 5.97. The summed E-state index contributed by atoms with van der Waals surface area (Å²) in [6.07, 6.45) is 2.62. The minimum absolute atomic E-state index is 0.124. The van der Waals surface area contributed by atoms with Gasteiger partial charge < -0.3 is 14.5 Å². The number of piperidine rings is 1. The van der Waals surface area contributed by atoms with Crippen molar-refractivity contribution in [1.29, 1.82) is 0 Å². The molecule has 0 aromatic heterocycles. The molecule has 152 valence electrons. The number of hydrogen-bond acceptors (Lipinski definition) is 4. The molecule has 29 heavy (non-hydrogen) atoms. The SMILES string of the molecule is COC(=O)CCN(Cc1ccccc1)C(=O)c1ccc(N2CCCCC2=O)cc1. The van der Waals surface area contributed by atoms with E-state index in [1.165, 1.54) is 7.11 Å². The van der Waals surface area contributed by atoms with E-state index in [1.807, 2.05) is 42.5 Å². The predicted molar refractivity (Wildman–Crippen MR) is 110 cm³/mol. The number of rotatable bonds is 7. The second kappa shape index (κ2) is 9.87. The van der Waals surface area contributed by atoms with Gasteiger partial charge in [0, 0.05) is 37.3 Å². The fourth-order valence-corrected chi connectivity index (χ4v) is 3.43. The Morgan fingerprint density at radius 1 is 1.03 bits per heavy atom. The Balaban J connectivity index is 1.75. The van der Waals surface area contributed by atoms with Gasteiger partial charge in [0.05, 0.1) is 13.5 Å². The molecule has 2 amide bonds. The molecule has 0 N–H and O–H groups in total. The summed E-state index contributed by atoms with van der Waals surface area (Å²) in [4.78, 5) is 40.2. The zero-order valence-corrected chi connectivity index (χ0v) is 16.7. The summed E-state index contributed by atoms with van der Waals surface area (Å²) < 4.78 is 4.71. The van der Waals surface area contributed by atoms with Crippen LogP contribution in [0.2, 0.25) is 0 Å². The maximum atomic E-state index is 13.1. The Bertz CT molecular complexity index is 849. The van der Waals surface area contributed by atoms with E-state index in [9.17, 15) is 14.4 Å². The van der Waals surface area contributed by atoms with Gasteiger partial charge in [-0.2, -0.15) is 0 Å². The zero-order chi connectivity index (χ0) is 20.6. The van der Waals surface area contributed by atoms with Crippen molar-refractivity contribution in [2.45, 2.75) is 32.2 Å². The lowest BCUT2D eigenvalue weighted by atomic mass is 10.1. The number of carbonyl (C=O) groups is 3. The molecular formula is C23H26N2O4. The fraction of sp³-hybridized carbons (Fsp3) is 0.348. The quantitative estimate of drug-likeness (QED) is 0.675. The number of hydrogen-bond donors (Lipinski definition) is 0. The molecule has 2 aromatic rings. The van der Waals surface area contributed by atoms with E-state index >= 15 is 0 Å². The lowest BCUT2D eigenvalue weighted by Crippen LogP contribution is -2.35. The van der Waals surface area contributed by atoms with E-state index in [-0.39, 0.29) is 30.7 Å². The van der Waals surface area contributed by atoms with Crippen LogP contribution in [-0.4, -0.2) is 42.9 Å². The van der Waals surface area contributed by atoms with Crippen LogP contribution >= 0.6 is 0 Å². The Labute approximate surface area is 171 Å². The van der Waals surface area contributed by atoms with Crippen molar-refractivity contribution in [3.8, 4) is 0 Å². The molecule has 1 heterocycles. The molecular weight excluding hydrogens is 368 g/mol. The third kappa shape index (κ3) is 5.44. The minimum Gasteiger partial charge on any atom is -0.469 e. The Morgan fingerprint density at radius 2 is 1.76 bits per heavy atom. The van der Waals surface area contributed by atoms with Gasteiger partial charge in [-0.1, -0.05) is 30.3 Å². The first-order valence-corrected chi connectivity index (χ1v) is 9.89. The number of benzene rings is 2. The maximum absolute atomic E-state index is 13.1. The van der Waals surface area contributed by atoms with Crippen LogP contribution in [0.1, 0.15) is 41.6 Å². The summed E-state index contributed by atoms with van der Waals surface area (Å²) in [5.74, 6) is -0.386. The largest absolute Gasteiger partial charge is 0.469 e. The molecule has 6 nitrogen and oxygen atoms in total. The fourth-order valence-electron chi connectivity index (χ4n) is 3.43. The Hall–Kier alpha value is -3.15. The van der Waals surface area contributed by atoms with Crippen LogP contribution in [0, 0.1) is 0 Å². The second-order valence-electron chi connectivity index (χ2n) is 7.09. The van der Waals surface area contributed by atoms with Crippen molar-refractivity contribution in [1.82, 2.24) is 4.90 Å². The molecule has 0 atom stereocenters. The molecule has 0 bridgehead atoms. The van der Waals surface area contributed by atoms with Gasteiger partial charge in [-0.05, 0) is 42.7 Å². The van der Waals surface area contributed by atoms with E-state index in [4.69, 9.17) is 4.74 Å². The predicted octanol–water partition coefficient (Wildman–Crippen LogP) is 3.41. The lowest BCUT2D eigenvalue weighted by Gasteiger charge is -2.27. The van der Waals surface area contributed by atoms with E-state index in [1.54, 1.807) is 21.9 Å². The van der Waals surface area contributed by atoms with E-state index in [0.717, 1.165) is 24.1 Å². The van der Waals surface area contributed by atoms with Crippen LogP contribution in [0.15, 0.2) is 54.6 Å². The van der Waals surface area contributed by atoms with Crippen LogP contribution < -0.4 is 4.90 Å².